The number of nitrogens with zero attached hydrogens (tertiary/aromatic N) is 1. The molecule has 2 rings (SSSR count). The van der Waals surface area contributed by atoms with E-state index in [9.17, 15) is 0 Å². The number of hydrogen-bond acceptors (Lipinski definition) is 2. The molecule has 118 valence electrons. The third-order valence-corrected chi connectivity index (χ3v) is 5.67. The Bertz CT molecular complexity index is 258. The summed E-state index contributed by atoms with van der Waals surface area (Å²) in [7, 11) is 0. The van der Waals surface area contributed by atoms with E-state index in [1.807, 2.05) is 0 Å². The fourth-order valence-corrected chi connectivity index (χ4v) is 4.03. The van der Waals surface area contributed by atoms with Crippen molar-refractivity contribution in [3.05, 3.63) is 0 Å². The third-order valence-electron chi connectivity index (χ3n) is 5.67. The molecule has 1 saturated carbocycles. The van der Waals surface area contributed by atoms with Crippen molar-refractivity contribution >= 4 is 0 Å². The van der Waals surface area contributed by atoms with Crippen LogP contribution >= 0.6 is 0 Å². The third kappa shape index (κ3) is 5.04. The topological polar surface area (TPSA) is 15.3 Å². The Balaban J connectivity index is 1.68. The molecule has 0 aromatic heterocycles. The summed E-state index contributed by atoms with van der Waals surface area (Å²) in [6.07, 6.45) is 11.4. The fraction of sp³-hybridized carbons (Fsp3) is 1.00. The molecular formula is C18H36N2. The first-order chi connectivity index (χ1) is 9.66. The van der Waals surface area contributed by atoms with Crippen LogP contribution in [-0.4, -0.2) is 36.6 Å². The van der Waals surface area contributed by atoms with Crippen molar-refractivity contribution in [1.82, 2.24) is 10.2 Å². The van der Waals surface area contributed by atoms with Crippen LogP contribution in [0.15, 0.2) is 0 Å². The largest absolute Gasteiger partial charge is 0.312 e. The maximum Gasteiger partial charge on any atom is 0.0192 e. The number of nitrogens with one attached hydrogen (secondary N) is 1. The summed E-state index contributed by atoms with van der Waals surface area (Å²) < 4.78 is 0. The second kappa shape index (κ2) is 8.38. The van der Waals surface area contributed by atoms with Crippen molar-refractivity contribution in [2.45, 2.75) is 84.2 Å². The molecule has 0 aromatic rings. The van der Waals surface area contributed by atoms with Gasteiger partial charge in [-0.05, 0) is 64.0 Å². The van der Waals surface area contributed by atoms with Crippen LogP contribution in [0.1, 0.15) is 72.1 Å². The van der Waals surface area contributed by atoms with Gasteiger partial charge < -0.3 is 5.32 Å². The number of piperidine rings is 1. The van der Waals surface area contributed by atoms with Crippen molar-refractivity contribution in [2.75, 3.05) is 19.6 Å². The standard InChI is InChI=1S/C18H36N2/c1-15(2)17-8-7-9-18(11-10-17)19-14-16(3)20-12-5-4-6-13-20/h15-19H,4-14H2,1-3H3. The van der Waals surface area contributed by atoms with Gasteiger partial charge in [-0.1, -0.05) is 33.1 Å². The molecular weight excluding hydrogens is 244 g/mol. The van der Waals surface area contributed by atoms with Crippen LogP contribution in [0.5, 0.6) is 0 Å². The summed E-state index contributed by atoms with van der Waals surface area (Å²) in [5.41, 5.74) is 0. The zero-order chi connectivity index (χ0) is 14.4. The van der Waals surface area contributed by atoms with Gasteiger partial charge in [-0.2, -0.15) is 0 Å². The molecule has 2 aliphatic rings. The van der Waals surface area contributed by atoms with E-state index in [0.717, 1.165) is 23.9 Å². The molecule has 20 heavy (non-hydrogen) atoms. The minimum atomic E-state index is 0.722. The van der Waals surface area contributed by atoms with Gasteiger partial charge in [0.2, 0.25) is 0 Å². The summed E-state index contributed by atoms with van der Waals surface area (Å²) in [6, 6.07) is 1.51. The van der Waals surface area contributed by atoms with Crippen LogP contribution in [0.3, 0.4) is 0 Å². The predicted molar refractivity (Wildman–Crippen MR) is 88.1 cm³/mol. The van der Waals surface area contributed by atoms with Crippen molar-refractivity contribution < 1.29 is 0 Å². The highest BCUT2D eigenvalue weighted by atomic mass is 15.2. The summed E-state index contributed by atoms with van der Waals surface area (Å²) in [5, 5.41) is 3.88. The molecule has 1 saturated heterocycles. The average molecular weight is 280 g/mol. The summed E-state index contributed by atoms with van der Waals surface area (Å²) >= 11 is 0. The van der Waals surface area contributed by atoms with Gasteiger partial charge in [0, 0.05) is 18.6 Å². The Labute approximate surface area is 126 Å². The lowest BCUT2D eigenvalue weighted by molar-refractivity contribution is 0.167. The van der Waals surface area contributed by atoms with E-state index in [-0.39, 0.29) is 0 Å². The van der Waals surface area contributed by atoms with Gasteiger partial charge >= 0.3 is 0 Å². The smallest absolute Gasteiger partial charge is 0.0192 e. The molecule has 1 N–H and O–H groups in total. The van der Waals surface area contributed by atoms with Crippen LogP contribution in [0.4, 0.5) is 0 Å². The Morgan fingerprint density at radius 2 is 1.65 bits per heavy atom. The quantitative estimate of drug-likeness (QED) is 0.764. The lowest BCUT2D eigenvalue weighted by Gasteiger charge is -2.33. The molecule has 2 nitrogen and oxygen atoms in total. The highest BCUT2D eigenvalue weighted by Crippen LogP contribution is 2.28. The van der Waals surface area contributed by atoms with E-state index in [1.54, 1.807) is 0 Å². The van der Waals surface area contributed by atoms with Gasteiger partial charge in [0.1, 0.15) is 0 Å². The SMILES string of the molecule is CC(C)C1CCCC(NCC(C)N2CCCCC2)CC1. The fourth-order valence-electron chi connectivity index (χ4n) is 4.03. The first-order valence-corrected chi connectivity index (χ1v) is 9.14. The Morgan fingerprint density at radius 1 is 0.900 bits per heavy atom. The van der Waals surface area contributed by atoms with E-state index in [2.05, 4.69) is 31.0 Å². The minimum absolute atomic E-state index is 0.722. The molecule has 0 radical (unpaired) electrons. The van der Waals surface area contributed by atoms with Gasteiger partial charge in [-0.15, -0.1) is 0 Å². The Morgan fingerprint density at radius 3 is 2.35 bits per heavy atom. The molecule has 2 fully saturated rings. The van der Waals surface area contributed by atoms with Crippen LogP contribution in [0.2, 0.25) is 0 Å². The number of likely N-dealkylation sites (tertiary alicyclic amines) is 1. The predicted octanol–water partition coefficient (Wildman–Crippen LogP) is 4.06. The van der Waals surface area contributed by atoms with Crippen LogP contribution < -0.4 is 5.32 Å². The van der Waals surface area contributed by atoms with Crippen LogP contribution in [-0.2, 0) is 0 Å². The normalized spacial score (nSPS) is 31.2. The zero-order valence-electron chi connectivity index (χ0n) is 14.0. The number of rotatable bonds is 5. The van der Waals surface area contributed by atoms with E-state index >= 15 is 0 Å². The second-order valence-corrected chi connectivity index (χ2v) is 7.56. The maximum absolute atomic E-state index is 3.88. The Kier molecular flexibility index (Phi) is 6.83. The molecule has 0 amide bonds. The molecule has 0 aromatic carbocycles. The van der Waals surface area contributed by atoms with E-state index < -0.39 is 0 Å². The first kappa shape index (κ1) is 16.3. The molecule has 1 aliphatic carbocycles. The lowest BCUT2D eigenvalue weighted by Crippen LogP contribution is -2.45. The minimum Gasteiger partial charge on any atom is -0.312 e. The van der Waals surface area contributed by atoms with Gasteiger partial charge in [0.05, 0.1) is 0 Å². The molecule has 1 aliphatic heterocycles. The molecule has 3 atom stereocenters. The lowest BCUT2D eigenvalue weighted by atomic mass is 9.89. The molecule has 0 bridgehead atoms. The van der Waals surface area contributed by atoms with Gasteiger partial charge in [-0.25, -0.2) is 0 Å². The van der Waals surface area contributed by atoms with Gasteiger partial charge in [0.25, 0.3) is 0 Å². The van der Waals surface area contributed by atoms with E-state index in [1.165, 1.54) is 71.0 Å². The summed E-state index contributed by atoms with van der Waals surface area (Å²) in [6.45, 7) is 11.0. The van der Waals surface area contributed by atoms with E-state index in [4.69, 9.17) is 0 Å². The summed E-state index contributed by atoms with van der Waals surface area (Å²) in [4.78, 5) is 2.68. The molecule has 3 unspecified atom stereocenters. The van der Waals surface area contributed by atoms with Gasteiger partial charge in [-0.3, -0.25) is 4.90 Å². The second-order valence-electron chi connectivity index (χ2n) is 7.56. The summed E-state index contributed by atoms with van der Waals surface area (Å²) in [5.74, 6) is 1.85. The van der Waals surface area contributed by atoms with Crippen LogP contribution in [0.25, 0.3) is 0 Å². The van der Waals surface area contributed by atoms with Crippen LogP contribution in [0, 0.1) is 11.8 Å². The van der Waals surface area contributed by atoms with Crippen molar-refractivity contribution in [1.29, 1.82) is 0 Å². The highest BCUT2D eigenvalue weighted by molar-refractivity contribution is 4.79. The monoisotopic (exact) mass is 280 g/mol. The van der Waals surface area contributed by atoms with Crippen molar-refractivity contribution in [3.63, 3.8) is 0 Å². The van der Waals surface area contributed by atoms with Gasteiger partial charge in [0.15, 0.2) is 0 Å². The first-order valence-electron chi connectivity index (χ1n) is 9.14. The van der Waals surface area contributed by atoms with E-state index in [0.29, 0.717) is 0 Å². The van der Waals surface area contributed by atoms with Crippen molar-refractivity contribution in [3.8, 4) is 0 Å². The number of hydrogen-bond donors (Lipinski definition) is 1. The highest BCUT2D eigenvalue weighted by Gasteiger charge is 2.22. The molecule has 2 heteroatoms. The maximum atomic E-state index is 3.88. The molecule has 1 heterocycles. The molecule has 0 spiro atoms. The average Bonchev–Trinajstić information content (AvgIpc) is 2.71. The zero-order valence-corrected chi connectivity index (χ0v) is 14.0. The van der Waals surface area contributed by atoms with Crippen molar-refractivity contribution in [2.24, 2.45) is 11.8 Å². The Hall–Kier alpha value is -0.0800.